The largest absolute Gasteiger partial charge is 0.323 e. The maximum atomic E-state index is 12.2. The summed E-state index contributed by atoms with van der Waals surface area (Å²) in [5, 5.41) is 6.26. The maximum Gasteiger partial charge on any atom is 0.241 e. The summed E-state index contributed by atoms with van der Waals surface area (Å²) < 4.78 is 0. The van der Waals surface area contributed by atoms with Crippen LogP contribution in [0.3, 0.4) is 0 Å². The summed E-state index contributed by atoms with van der Waals surface area (Å²) in [6.07, 6.45) is 0. The Labute approximate surface area is 114 Å². The molecule has 0 radical (unpaired) electrons. The van der Waals surface area contributed by atoms with E-state index >= 15 is 0 Å². The third kappa shape index (κ3) is 3.52. The summed E-state index contributed by atoms with van der Waals surface area (Å²) in [7, 11) is 0. The van der Waals surface area contributed by atoms with E-state index in [1.54, 1.807) is 0 Å². The SMILES string of the molecule is Cc1ccc(NC(=O)C(C)N2CCNCC2)c(C)n1. The second-order valence-corrected chi connectivity index (χ2v) is 5.04. The van der Waals surface area contributed by atoms with Gasteiger partial charge >= 0.3 is 0 Å². The van der Waals surface area contributed by atoms with Crippen LogP contribution in [-0.2, 0) is 4.79 Å². The highest BCUT2D eigenvalue weighted by molar-refractivity contribution is 5.95. The Morgan fingerprint density at radius 1 is 1.37 bits per heavy atom. The molecule has 1 fully saturated rings. The van der Waals surface area contributed by atoms with Gasteiger partial charge in [-0.2, -0.15) is 0 Å². The van der Waals surface area contributed by atoms with Crippen LogP contribution in [0.25, 0.3) is 0 Å². The van der Waals surface area contributed by atoms with Crippen molar-refractivity contribution >= 4 is 11.6 Å². The average molecular weight is 262 g/mol. The smallest absolute Gasteiger partial charge is 0.241 e. The van der Waals surface area contributed by atoms with E-state index < -0.39 is 0 Å². The van der Waals surface area contributed by atoms with Crippen LogP contribution in [0.1, 0.15) is 18.3 Å². The van der Waals surface area contributed by atoms with Gasteiger partial charge in [0.25, 0.3) is 0 Å². The number of pyridine rings is 1. The van der Waals surface area contributed by atoms with Crippen molar-refractivity contribution in [2.75, 3.05) is 31.5 Å². The third-order valence-corrected chi connectivity index (χ3v) is 3.56. The zero-order valence-corrected chi connectivity index (χ0v) is 11.9. The van der Waals surface area contributed by atoms with Crippen molar-refractivity contribution < 1.29 is 4.79 Å². The van der Waals surface area contributed by atoms with Crippen molar-refractivity contribution in [3.63, 3.8) is 0 Å². The molecule has 0 bridgehead atoms. The van der Waals surface area contributed by atoms with Gasteiger partial charge in [-0.3, -0.25) is 14.7 Å². The average Bonchev–Trinajstić information content (AvgIpc) is 2.42. The lowest BCUT2D eigenvalue weighted by atomic mass is 10.2. The van der Waals surface area contributed by atoms with Crippen LogP contribution in [0.4, 0.5) is 5.69 Å². The van der Waals surface area contributed by atoms with Gasteiger partial charge in [-0.15, -0.1) is 0 Å². The Balaban J connectivity index is 1.99. The van der Waals surface area contributed by atoms with Gasteiger partial charge in [0.05, 0.1) is 17.4 Å². The fourth-order valence-electron chi connectivity index (χ4n) is 2.29. The first-order chi connectivity index (χ1) is 9.08. The molecular formula is C14H22N4O. The van der Waals surface area contributed by atoms with E-state index in [2.05, 4.69) is 20.5 Å². The molecule has 0 saturated carbocycles. The summed E-state index contributed by atoms with van der Waals surface area (Å²) >= 11 is 0. The number of carbonyl (C=O) groups is 1. The number of anilines is 1. The molecule has 1 aliphatic rings. The lowest BCUT2D eigenvalue weighted by Gasteiger charge is -2.31. The second kappa shape index (κ2) is 6.12. The number of nitrogens with one attached hydrogen (secondary N) is 2. The molecule has 2 rings (SSSR count). The minimum atomic E-state index is -0.109. The summed E-state index contributed by atoms with van der Waals surface area (Å²) in [5.41, 5.74) is 2.63. The van der Waals surface area contributed by atoms with E-state index in [9.17, 15) is 4.79 Å². The number of aryl methyl sites for hydroxylation is 2. The lowest BCUT2D eigenvalue weighted by Crippen LogP contribution is -2.51. The van der Waals surface area contributed by atoms with E-state index in [0.717, 1.165) is 43.3 Å². The number of aromatic nitrogens is 1. The van der Waals surface area contributed by atoms with Crippen molar-refractivity contribution in [2.24, 2.45) is 0 Å². The number of amides is 1. The normalized spacial score (nSPS) is 18.1. The molecular weight excluding hydrogens is 240 g/mol. The van der Waals surface area contributed by atoms with Crippen LogP contribution in [0, 0.1) is 13.8 Å². The monoisotopic (exact) mass is 262 g/mol. The van der Waals surface area contributed by atoms with Gasteiger partial charge in [-0.25, -0.2) is 0 Å². The molecule has 104 valence electrons. The van der Waals surface area contributed by atoms with E-state index in [-0.39, 0.29) is 11.9 Å². The third-order valence-electron chi connectivity index (χ3n) is 3.56. The Morgan fingerprint density at radius 3 is 2.68 bits per heavy atom. The van der Waals surface area contributed by atoms with Gasteiger partial charge in [0.15, 0.2) is 0 Å². The molecule has 2 N–H and O–H groups in total. The first-order valence-electron chi connectivity index (χ1n) is 6.78. The van der Waals surface area contributed by atoms with E-state index in [1.165, 1.54) is 0 Å². The summed E-state index contributed by atoms with van der Waals surface area (Å²) in [6, 6.07) is 3.72. The molecule has 1 amide bonds. The molecule has 5 heteroatoms. The highest BCUT2D eigenvalue weighted by atomic mass is 16.2. The molecule has 1 aromatic heterocycles. The molecule has 1 saturated heterocycles. The second-order valence-electron chi connectivity index (χ2n) is 5.04. The topological polar surface area (TPSA) is 57.3 Å². The van der Waals surface area contributed by atoms with Gasteiger partial charge < -0.3 is 10.6 Å². The Kier molecular flexibility index (Phi) is 4.50. The van der Waals surface area contributed by atoms with E-state index in [0.29, 0.717) is 0 Å². The number of nitrogens with zero attached hydrogens (tertiary/aromatic N) is 2. The van der Waals surface area contributed by atoms with Crippen molar-refractivity contribution in [1.82, 2.24) is 15.2 Å². The Hall–Kier alpha value is -1.46. The van der Waals surface area contributed by atoms with Crippen molar-refractivity contribution in [2.45, 2.75) is 26.8 Å². The van der Waals surface area contributed by atoms with Gasteiger partial charge in [0, 0.05) is 31.9 Å². The molecule has 5 nitrogen and oxygen atoms in total. The van der Waals surface area contributed by atoms with Gasteiger partial charge in [0.2, 0.25) is 5.91 Å². The number of hydrogen-bond acceptors (Lipinski definition) is 4. The first-order valence-corrected chi connectivity index (χ1v) is 6.78. The number of piperazine rings is 1. The van der Waals surface area contributed by atoms with Crippen molar-refractivity contribution in [3.05, 3.63) is 23.5 Å². The summed E-state index contributed by atoms with van der Waals surface area (Å²) in [6.45, 7) is 9.54. The van der Waals surface area contributed by atoms with Crippen LogP contribution >= 0.6 is 0 Å². The zero-order chi connectivity index (χ0) is 13.8. The fraction of sp³-hybridized carbons (Fsp3) is 0.571. The fourth-order valence-corrected chi connectivity index (χ4v) is 2.29. The Bertz CT molecular complexity index is 455. The molecule has 0 aliphatic carbocycles. The summed E-state index contributed by atoms with van der Waals surface area (Å²) in [4.78, 5) is 18.8. The van der Waals surface area contributed by atoms with Crippen LogP contribution in [-0.4, -0.2) is 48.0 Å². The molecule has 2 heterocycles. The minimum Gasteiger partial charge on any atom is -0.323 e. The van der Waals surface area contributed by atoms with Crippen molar-refractivity contribution in [3.8, 4) is 0 Å². The molecule has 0 spiro atoms. The lowest BCUT2D eigenvalue weighted by molar-refractivity contribution is -0.120. The van der Waals surface area contributed by atoms with Crippen LogP contribution in [0.15, 0.2) is 12.1 Å². The number of hydrogen-bond donors (Lipinski definition) is 2. The number of rotatable bonds is 3. The van der Waals surface area contributed by atoms with Crippen molar-refractivity contribution in [1.29, 1.82) is 0 Å². The quantitative estimate of drug-likeness (QED) is 0.851. The van der Waals surface area contributed by atoms with Crippen LogP contribution in [0.5, 0.6) is 0 Å². The minimum absolute atomic E-state index is 0.0376. The maximum absolute atomic E-state index is 12.2. The van der Waals surface area contributed by atoms with Crippen LogP contribution < -0.4 is 10.6 Å². The molecule has 1 aromatic rings. The van der Waals surface area contributed by atoms with E-state index in [1.807, 2.05) is 32.9 Å². The zero-order valence-electron chi connectivity index (χ0n) is 11.9. The molecule has 19 heavy (non-hydrogen) atoms. The Morgan fingerprint density at radius 2 is 2.05 bits per heavy atom. The summed E-state index contributed by atoms with van der Waals surface area (Å²) in [5.74, 6) is 0.0376. The molecule has 1 atom stereocenters. The predicted molar refractivity (Wildman–Crippen MR) is 76.2 cm³/mol. The molecule has 1 aliphatic heterocycles. The van der Waals surface area contributed by atoms with Gasteiger partial charge in [0.1, 0.15) is 0 Å². The van der Waals surface area contributed by atoms with Gasteiger partial charge in [-0.1, -0.05) is 0 Å². The molecule has 0 aromatic carbocycles. The number of carbonyl (C=O) groups excluding carboxylic acids is 1. The first kappa shape index (κ1) is 14.0. The predicted octanol–water partition coefficient (Wildman–Crippen LogP) is 0.931. The highest BCUT2D eigenvalue weighted by Gasteiger charge is 2.22. The molecule has 1 unspecified atom stereocenters. The highest BCUT2D eigenvalue weighted by Crippen LogP contribution is 2.14. The standard InChI is InChI=1S/C14H22N4O/c1-10-4-5-13(11(2)16-10)17-14(19)12(3)18-8-6-15-7-9-18/h4-5,12,15H,6-9H2,1-3H3,(H,17,19). The van der Waals surface area contributed by atoms with E-state index in [4.69, 9.17) is 0 Å². The van der Waals surface area contributed by atoms with Crippen LogP contribution in [0.2, 0.25) is 0 Å². The van der Waals surface area contributed by atoms with Gasteiger partial charge in [-0.05, 0) is 32.9 Å².